The van der Waals surface area contributed by atoms with Crippen molar-refractivity contribution in [1.29, 1.82) is 0 Å². The molecule has 2 atom stereocenters. The Morgan fingerprint density at radius 1 is 1.22 bits per heavy atom. The van der Waals surface area contributed by atoms with Crippen LogP contribution in [0.4, 0.5) is 0 Å². The first-order chi connectivity index (χ1) is 8.63. The molecule has 0 aliphatic carbocycles. The fourth-order valence-corrected chi connectivity index (χ4v) is 2.59. The van der Waals surface area contributed by atoms with Gasteiger partial charge in [0.1, 0.15) is 0 Å². The van der Waals surface area contributed by atoms with Gasteiger partial charge in [-0.15, -0.1) is 0 Å². The van der Waals surface area contributed by atoms with Gasteiger partial charge in [0.05, 0.1) is 5.92 Å². The number of hydrogen-bond acceptors (Lipinski definition) is 3. The third-order valence-electron chi connectivity index (χ3n) is 4.11. The fourth-order valence-electron chi connectivity index (χ4n) is 2.59. The molecule has 0 radical (unpaired) electrons. The average Bonchev–Trinajstić information content (AvgIpc) is 2.43. The molecule has 0 bridgehead atoms. The minimum atomic E-state index is 0.0325. The van der Waals surface area contributed by atoms with Gasteiger partial charge in [-0.2, -0.15) is 0 Å². The summed E-state index contributed by atoms with van der Waals surface area (Å²) >= 11 is 0. The van der Waals surface area contributed by atoms with Gasteiger partial charge in [0, 0.05) is 38.8 Å². The van der Waals surface area contributed by atoms with Crippen LogP contribution in [-0.4, -0.2) is 54.5 Å². The molecule has 0 aromatic carbocycles. The first-order valence-electron chi connectivity index (χ1n) is 7.36. The zero-order valence-electron chi connectivity index (χ0n) is 12.2. The van der Waals surface area contributed by atoms with Crippen molar-refractivity contribution in [2.75, 3.05) is 32.7 Å². The van der Waals surface area contributed by atoms with Gasteiger partial charge < -0.3 is 10.6 Å². The molecule has 0 spiro atoms. The summed E-state index contributed by atoms with van der Waals surface area (Å²) in [6, 6.07) is 0.628. The van der Waals surface area contributed by atoms with Crippen LogP contribution in [-0.2, 0) is 4.79 Å². The molecule has 1 amide bonds. The van der Waals surface area contributed by atoms with E-state index in [0.717, 1.165) is 39.0 Å². The van der Waals surface area contributed by atoms with Gasteiger partial charge in [-0.25, -0.2) is 0 Å². The fraction of sp³-hybridized carbons (Fsp3) is 0.929. The summed E-state index contributed by atoms with van der Waals surface area (Å²) in [6.07, 6.45) is 3.12. The van der Waals surface area contributed by atoms with Crippen LogP contribution in [0.5, 0.6) is 0 Å². The summed E-state index contributed by atoms with van der Waals surface area (Å²) < 4.78 is 0. The highest BCUT2D eigenvalue weighted by Gasteiger charge is 2.27. The molecule has 106 valence electrons. The van der Waals surface area contributed by atoms with Crippen LogP contribution in [0.2, 0.25) is 0 Å². The number of nitrogens with two attached hydrogens (primary N) is 1. The Morgan fingerprint density at radius 3 is 2.28 bits per heavy atom. The van der Waals surface area contributed by atoms with E-state index in [1.165, 1.54) is 6.42 Å². The highest BCUT2D eigenvalue weighted by atomic mass is 16.2. The Hall–Kier alpha value is -0.610. The molecule has 4 heteroatoms. The van der Waals surface area contributed by atoms with Crippen molar-refractivity contribution in [2.24, 2.45) is 11.7 Å². The lowest BCUT2D eigenvalue weighted by molar-refractivity contribution is -0.137. The number of amides is 1. The highest BCUT2D eigenvalue weighted by molar-refractivity contribution is 5.79. The van der Waals surface area contributed by atoms with Crippen LogP contribution in [0.3, 0.4) is 0 Å². The number of piperazine rings is 1. The Morgan fingerprint density at radius 2 is 1.83 bits per heavy atom. The average molecular weight is 255 g/mol. The summed E-state index contributed by atoms with van der Waals surface area (Å²) in [6.45, 7) is 10.8. The van der Waals surface area contributed by atoms with Crippen LogP contribution >= 0.6 is 0 Å². The second kappa shape index (κ2) is 7.74. The maximum atomic E-state index is 12.3. The van der Waals surface area contributed by atoms with E-state index in [1.807, 2.05) is 4.90 Å². The number of hydrogen-bond donors (Lipinski definition) is 1. The van der Waals surface area contributed by atoms with Gasteiger partial charge >= 0.3 is 0 Å². The van der Waals surface area contributed by atoms with Crippen molar-refractivity contribution in [3.05, 3.63) is 0 Å². The minimum Gasteiger partial charge on any atom is -0.340 e. The molecule has 4 nitrogen and oxygen atoms in total. The van der Waals surface area contributed by atoms with Crippen LogP contribution < -0.4 is 5.73 Å². The molecule has 2 unspecified atom stereocenters. The van der Waals surface area contributed by atoms with E-state index < -0.39 is 0 Å². The number of rotatable bonds is 6. The van der Waals surface area contributed by atoms with Crippen molar-refractivity contribution in [3.8, 4) is 0 Å². The van der Waals surface area contributed by atoms with E-state index in [0.29, 0.717) is 12.6 Å². The Bertz CT molecular complexity index is 249. The summed E-state index contributed by atoms with van der Waals surface area (Å²) in [5, 5.41) is 0. The molecule has 0 aromatic rings. The molecule has 1 aliphatic rings. The molecule has 0 saturated carbocycles. The summed E-state index contributed by atoms with van der Waals surface area (Å²) in [5.74, 6) is 0.299. The van der Waals surface area contributed by atoms with Gasteiger partial charge in [-0.3, -0.25) is 9.69 Å². The first kappa shape index (κ1) is 15.4. The largest absolute Gasteiger partial charge is 0.340 e. The van der Waals surface area contributed by atoms with Crippen molar-refractivity contribution in [1.82, 2.24) is 9.80 Å². The van der Waals surface area contributed by atoms with E-state index in [9.17, 15) is 4.79 Å². The summed E-state index contributed by atoms with van der Waals surface area (Å²) in [7, 11) is 0. The van der Waals surface area contributed by atoms with E-state index in [-0.39, 0.29) is 11.8 Å². The standard InChI is InChI=1S/C14H29N3O/c1-4-6-13(11-15)14(18)17-9-7-16(8-10-17)12(3)5-2/h12-13H,4-11,15H2,1-3H3. The molecule has 1 saturated heterocycles. The molecular weight excluding hydrogens is 226 g/mol. The molecule has 1 heterocycles. The predicted octanol–water partition coefficient (Wildman–Crippen LogP) is 1.30. The molecule has 0 aromatic heterocycles. The Balaban J connectivity index is 2.44. The normalized spacial score (nSPS) is 20.8. The van der Waals surface area contributed by atoms with Crippen molar-refractivity contribution >= 4 is 5.91 Å². The minimum absolute atomic E-state index is 0.0325. The smallest absolute Gasteiger partial charge is 0.227 e. The third-order valence-corrected chi connectivity index (χ3v) is 4.11. The molecular formula is C14H29N3O. The molecule has 1 aliphatic heterocycles. The van der Waals surface area contributed by atoms with Crippen LogP contribution in [0, 0.1) is 5.92 Å². The van der Waals surface area contributed by atoms with Gasteiger partial charge in [0.15, 0.2) is 0 Å². The van der Waals surface area contributed by atoms with E-state index in [1.54, 1.807) is 0 Å². The second-order valence-electron chi connectivity index (χ2n) is 5.34. The first-order valence-corrected chi connectivity index (χ1v) is 7.36. The lowest BCUT2D eigenvalue weighted by Gasteiger charge is -2.39. The maximum Gasteiger partial charge on any atom is 0.227 e. The second-order valence-corrected chi connectivity index (χ2v) is 5.34. The maximum absolute atomic E-state index is 12.3. The van der Waals surface area contributed by atoms with Gasteiger partial charge in [-0.05, 0) is 19.8 Å². The van der Waals surface area contributed by atoms with Crippen molar-refractivity contribution in [2.45, 2.75) is 46.1 Å². The summed E-state index contributed by atoms with van der Waals surface area (Å²) in [5.41, 5.74) is 5.71. The van der Waals surface area contributed by atoms with Gasteiger partial charge in [0.25, 0.3) is 0 Å². The molecule has 1 rings (SSSR count). The predicted molar refractivity (Wildman–Crippen MR) is 75.4 cm³/mol. The topological polar surface area (TPSA) is 49.6 Å². The van der Waals surface area contributed by atoms with Gasteiger partial charge in [-0.1, -0.05) is 20.3 Å². The van der Waals surface area contributed by atoms with E-state index in [4.69, 9.17) is 5.73 Å². The van der Waals surface area contributed by atoms with Crippen molar-refractivity contribution < 1.29 is 4.79 Å². The molecule has 18 heavy (non-hydrogen) atoms. The third kappa shape index (κ3) is 3.95. The summed E-state index contributed by atoms with van der Waals surface area (Å²) in [4.78, 5) is 16.8. The highest BCUT2D eigenvalue weighted by Crippen LogP contribution is 2.14. The SMILES string of the molecule is CCCC(CN)C(=O)N1CCN(C(C)CC)CC1. The number of carbonyl (C=O) groups is 1. The zero-order valence-corrected chi connectivity index (χ0v) is 12.2. The van der Waals surface area contributed by atoms with E-state index >= 15 is 0 Å². The quantitative estimate of drug-likeness (QED) is 0.778. The van der Waals surface area contributed by atoms with E-state index in [2.05, 4.69) is 25.7 Å². The monoisotopic (exact) mass is 255 g/mol. The Labute approximate surface area is 111 Å². The lowest BCUT2D eigenvalue weighted by Crippen LogP contribution is -2.53. The number of nitrogens with zero attached hydrogens (tertiary/aromatic N) is 2. The Kier molecular flexibility index (Phi) is 6.65. The number of carbonyl (C=O) groups excluding carboxylic acids is 1. The van der Waals surface area contributed by atoms with Crippen molar-refractivity contribution in [3.63, 3.8) is 0 Å². The van der Waals surface area contributed by atoms with Crippen LogP contribution in [0.1, 0.15) is 40.0 Å². The molecule has 1 fully saturated rings. The zero-order chi connectivity index (χ0) is 13.5. The van der Waals surface area contributed by atoms with Crippen LogP contribution in [0.15, 0.2) is 0 Å². The van der Waals surface area contributed by atoms with Gasteiger partial charge in [0.2, 0.25) is 5.91 Å². The molecule has 2 N–H and O–H groups in total. The lowest BCUT2D eigenvalue weighted by atomic mass is 10.0. The van der Waals surface area contributed by atoms with Crippen LogP contribution in [0.25, 0.3) is 0 Å².